The highest BCUT2D eigenvalue weighted by atomic mass is 19.3. The van der Waals surface area contributed by atoms with Crippen molar-refractivity contribution in [1.82, 2.24) is 0 Å². The molecule has 1 nitrogen and oxygen atoms in total. The van der Waals surface area contributed by atoms with E-state index >= 15 is 4.39 Å². The summed E-state index contributed by atoms with van der Waals surface area (Å²) in [4.78, 5) is 0. The van der Waals surface area contributed by atoms with Gasteiger partial charge in [0.05, 0.1) is 0 Å². The van der Waals surface area contributed by atoms with E-state index in [-0.39, 0.29) is 11.7 Å². The number of rotatable bonds is 5. The van der Waals surface area contributed by atoms with Gasteiger partial charge in [-0.1, -0.05) is 37.6 Å². The van der Waals surface area contributed by atoms with Gasteiger partial charge in [-0.15, -0.1) is 0 Å². The Morgan fingerprint density at radius 1 is 1.15 bits per heavy atom. The fourth-order valence-electron chi connectivity index (χ4n) is 4.10. The largest absolute Gasteiger partial charge is 0.434 e. The van der Waals surface area contributed by atoms with Crippen molar-refractivity contribution >= 4 is 16.8 Å². The molecule has 2 aromatic carbocycles. The number of benzene rings is 2. The number of allylic oxidation sites excluding steroid dienone is 1. The minimum Gasteiger partial charge on any atom is -0.434 e. The van der Waals surface area contributed by atoms with Crippen molar-refractivity contribution in [3.05, 3.63) is 47.3 Å². The summed E-state index contributed by atoms with van der Waals surface area (Å²) in [7, 11) is 0. The highest BCUT2D eigenvalue weighted by Crippen LogP contribution is 2.44. The first-order valence-corrected chi connectivity index (χ1v) is 9.37. The highest BCUT2D eigenvalue weighted by molar-refractivity contribution is 5.88. The van der Waals surface area contributed by atoms with Crippen LogP contribution in [0.15, 0.2) is 30.3 Å². The van der Waals surface area contributed by atoms with E-state index in [0.717, 1.165) is 37.7 Å². The van der Waals surface area contributed by atoms with Crippen LogP contribution in [0.1, 0.15) is 63.0 Å². The lowest BCUT2D eigenvalue weighted by Gasteiger charge is -2.29. The fourth-order valence-corrected chi connectivity index (χ4v) is 4.10. The molecule has 1 aliphatic carbocycles. The summed E-state index contributed by atoms with van der Waals surface area (Å²) >= 11 is 0. The van der Waals surface area contributed by atoms with Crippen LogP contribution in [0.5, 0.6) is 5.75 Å². The van der Waals surface area contributed by atoms with E-state index in [1.165, 1.54) is 0 Å². The van der Waals surface area contributed by atoms with Crippen LogP contribution in [0, 0.1) is 11.7 Å². The first-order valence-electron chi connectivity index (χ1n) is 9.37. The third-order valence-corrected chi connectivity index (χ3v) is 5.51. The zero-order valence-corrected chi connectivity index (χ0v) is 15.3. The molecular formula is C22H25F3O. The molecule has 0 radical (unpaired) electrons. The molecule has 0 N–H and O–H groups in total. The van der Waals surface area contributed by atoms with E-state index in [2.05, 4.69) is 6.92 Å². The van der Waals surface area contributed by atoms with Gasteiger partial charge in [0.15, 0.2) is 0 Å². The predicted molar refractivity (Wildman–Crippen MR) is 100 cm³/mol. The molecule has 1 aliphatic rings. The topological polar surface area (TPSA) is 9.23 Å². The Morgan fingerprint density at radius 3 is 2.50 bits per heavy atom. The third-order valence-electron chi connectivity index (χ3n) is 5.51. The van der Waals surface area contributed by atoms with Crippen LogP contribution in [0.4, 0.5) is 13.2 Å². The minimum atomic E-state index is -2.96. The molecule has 0 heterocycles. The van der Waals surface area contributed by atoms with Gasteiger partial charge in [0, 0.05) is 10.9 Å². The number of fused-ring (bicyclic) bond motifs is 1. The molecule has 0 aromatic heterocycles. The van der Waals surface area contributed by atoms with E-state index in [1.807, 2.05) is 25.1 Å². The summed E-state index contributed by atoms with van der Waals surface area (Å²) in [6.07, 6.45) is 8.54. The number of alkyl halides is 2. The van der Waals surface area contributed by atoms with Gasteiger partial charge in [0.25, 0.3) is 0 Å². The molecule has 2 aromatic rings. The van der Waals surface area contributed by atoms with E-state index in [9.17, 15) is 8.78 Å². The van der Waals surface area contributed by atoms with Crippen LogP contribution in [0.3, 0.4) is 0 Å². The summed E-state index contributed by atoms with van der Waals surface area (Å²) in [6.45, 7) is 1.09. The zero-order valence-electron chi connectivity index (χ0n) is 15.3. The van der Waals surface area contributed by atoms with E-state index in [4.69, 9.17) is 4.74 Å². The van der Waals surface area contributed by atoms with Crippen LogP contribution < -0.4 is 4.74 Å². The van der Waals surface area contributed by atoms with Crippen LogP contribution >= 0.6 is 0 Å². The van der Waals surface area contributed by atoms with Gasteiger partial charge in [-0.3, -0.25) is 0 Å². The average molecular weight is 362 g/mol. The molecule has 0 unspecified atom stereocenters. The van der Waals surface area contributed by atoms with E-state index < -0.39 is 12.4 Å². The van der Waals surface area contributed by atoms with Crippen molar-refractivity contribution in [2.24, 2.45) is 5.92 Å². The molecule has 0 spiro atoms. The van der Waals surface area contributed by atoms with Crippen molar-refractivity contribution in [1.29, 1.82) is 0 Å². The lowest BCUT2D eigenvalue weighted by atomic mass is 9.77. The molecule has 0 atom stereocenters. The highest BCUT2D eigenvalue weighted by Gasteiger charge is 2.28. The first kappa shape index (κ1) is 18.8. The maximum Gasteiger partial charge on any atom is 0.387 e. The average Bonchev–Trinajstić information content (AvgIpc) is 2.62. The standard InChI is InChI=1S/C22H25F3O/c1-3-5-15-8-11-18-17(12-15)13-19(26-22(24)25)20(21(18)23)16-9-6-14(4-2)7-10-16/h3,5,8,11-14,16,22H,4,6-7,9-10H2,1-2H3/b5-3+. The number of ether oxygens (including phenoxy) is 1. The van der Waals surface area contributed by atoms with Gasteiger partial charge >= 0.3 is 6.61 Å². The molecule has 0 aliphatic heterocycles. The summed E-state index contributed by atoms with van der Waals surface area (Å²) in [5.74, 6) is 0.163. The van der Waals surface area contributed by atoms with Gasteiger partial charge in [-0.25, -0.2) is 4.39 Å². The maximum atomic E-state index is 15.3. The molecule has 26 heavy (non-hydrogen) atoms. The Kier molecular flexibility index (Phi) is 5.90. The van der Waals surface area contributed by atoms with Crippen LogP contribution in [0.2, 0.25) is 0 Å². The van der Waals surface area contributed by atoms with Gasteiger partial charge in [0.1, 0.15) is 11.6 Å². The first-order chi connectivity index (χ1) is 12.5. The Morgan fingerprint density at radius 2 is 1.88 bits per heavy atom. The Bertz CT molecular complexity index is 790. The monoisotopic (exact) mass is 362 g/mol. The Labute approximate surface area is 152 Å². The van der Waals surface area contributed by atoms with E-state index in [1.54, 1.807) is 18.2 Å². The quantitative estimate of drug-likeness (QED) is 0.542. The molecule has 140 valence electrons. The van der Waals surface area contributed by atoms with Crippen molar-refractivity contribution in [3.63, 3.8) is 0 Å². The normalized spacial score (nSPS) is 21.0. The predicted octanol–water partition coefficient (Wildman–Crippen LogP) is 7.30. The smallest absolute Gasteiger partial charge is 0.387 e. The SMILES string of the molecule is C/C=C/c1ccc2c(F)c(C3CCC(CC)CC3)c(OC(F)F)cc2c1. The summed E-state index contributed by atoms with van der Waals surface area (Å²) < 4.78 is 46.0. The van der Waals surface area contributed by atoms with Crippen molar-refractivity contribution in [2.45, 2.75) is 58.5 Å². The van der Waals surface area contributed by atoms with Crippen LogP contribution in [0.25, 0.3) is 16.8 Å². The molecule has 4 heteroatoms. The van der Waals surface area contributed by atoms with Gasteiger partial charge < -0.3 is 4.74 Å². The maximum absolute atomic E-state index is 15.3. The second-order valence-corrected chi connectivity index (χ2v) is 7.09. The molecular weight excluding hydrogens is 337 g/mol. The number of halogens is 3. The molecule has 0 bridgehead atoms. The Balaban J connectivity index is 2.07. The lowest BCUT2D eigenvalue weighted by Crippen LogP contribution is -2.16. The van der Waals surface area contributed by atoms with Gasteiger partial charge in [-0.05, 0) is 67.5 Å². The van der Waals surface area contributed by atoms with Crippen molar-refractivity contribution < 1.29 is 17.9 Å². The number of hydrogen-bond donors (Lipinski definition) is 0. The van der Waals surface area contributed by atoms with Crippen LogP contribution in [-0.4, -0.2) is 6.61 Å². The molecule has 1 fully saturated rings. The summed E-state index contributed by atoms with van der Waals surface area (Å²) in [5.41, 5.74) is 1.23. The third kappa shape index (κ3) is 3.89. The van der Waals surface area contributed by atoms with Gasteiger partial charge in [0.2, 0.25) is 0 Å². The van der Waals surface area contributed by atoms with Crippen molar-refractivity contribution in [3.8, 4) is 5.75 Å². The number of hydrogen-bond acceptors (Lipinski definition) is 1. The van der Waals surface area contributed by atoms with Crippen molar-refractivity contribution in [2.75, 3.05) is 0 Å². The summed E-state index contributed by atoms with van der Waals surface area (Å²) in [6, 6.07) is 6.94. The minimum absolute atomic E-state index is 0.0115. The van der Waals surface area contributed by atoms with Gasteiger partial charge in [-0.2, -0.15) is 8.78 Å². The molecule has 0 amide bonds. The molecule has 0 saturated heterocycles. The zero-order chi connectivity index (χ0) is 18.7. The second kappa shape index (κ2) is 8.15. The van der Waals surface area contributed by atoms with E-state index in [0.29, 0.717) is 22.3 Å². The second-order valence-electron chi connectivity index (χ2n) is 7.09. The summed E-state index contributed by atoms with van der Waals surface area (Å²) in [5, 5.41) is 1.05. The molecule has 1 saturated carbocycles. The van der Waals surface area contributed by atoms with Crippen LogP contribution in [-0.2, 0) is 0 Å². The molecule has 3 rings (SSSR count). The fraction of sp³-hybridized carbons (Fsp3) is 0.455. The Hall–Kier alpha value is -1.97. The lowest BCUT2D eigenvalue weighted by molar-refractivity contribution is -0.0508.